The van der Waals surface area contributed by atoms with Crippen LogP contribution >= 0.6 is 0 Å². The van der Waals surface area contributed by atoms with Crippen molar-refractivity contribution in [1.82, 2.24) is 14.9 Å². The molecule has 1 aromatic carbocycles. The third kappa shape index (κ3) is 3.95. The number of hydrogen-bond acceptors (Lipinski definition) is 5. The van der Waals surface area contributed by atoms with Gasteiger partial charge in [0.15, 0.2) is 0 Å². The minimum atomic E-state index is 0.127. The first-order valence-corrected chi connectivity index (χ1v) is 9.15. The van der Waals surface area contributed by atoms with Gasteiger partial charge in [0.2, 0.25) is 11.9 Å². The van der Waals surface area contributed by atoms with Crippen molar-refractivity contribution in [3.05, 3.63) is 41.6 Å². The number of hydrogen-bond donors (Lipinski definition) is 1. The van der Waals surface area contributed by atoms with Gasteiger partial charge in [-0.1, -0.05) is 32.0 Å². The van der Waals surface area contributed by atoms with Crippen LogP contribution < -0.4 is 10.2 Å². The van der Waals surface area contributed by atoms with E-state index >= 15 is 0 Å². The number of para-hydroxylation sites is 1. The molecule has 0 atom stereocenters. The Morgan fingerprint density at radius 2 is 1.88 bits per heavy atom. The van der Waals surface area contributed by atoms with Gasteiger partial charge in [0, 0.05) is 45.0 Å². The van der Waals surface area contributed by atoms with E-state index in [0.29, 0.717) is 25.0 Å². The molecule has 6 nitrogen and oxygen atoms in total. The molecule has 6 heteroatoms. The number of nitrogens with one attached hydrogen (secondary N) is 1. The normalized spacial score (nSPS) is 14.7. The van der Waals surface area contributed by atoms with E-state index in [0.717, 1.165) is 24.6 Å². The lowest BCUT2D eigenvalue weighted by atomic mass is 9.98. The van der Waals surface area contributed by atoms with Crippen molar-refractivity contribution < 1.29 is 4.79 Å². The largest absolute Gasteiger partial charge is 0.340 e. The van der Waals surface area contributed by atoms with E-state index in [9.17, 15) is 4.79 Å². The first kappa shape index (κ1) is 18.2. The minimum absolute atomic E-state index is 0.127. The number of anilines is 3. The average molecular weight is 353 g/mol. The molecule has 26 heavy (non-hydrogen) atoms. The third-order valence-corrected chi connectivity index (χ3v) is 4.83. The highest BCUT2D eigenvalue weighted by Gasteiger charge is 2.20. The smallest absolute Gasteiger partial charge is 0.227 e. The molecule has 2 heterocycles. The van der Waals surface area contributed by atoms with E-state index in [2.05, 4.69) is 54.2 Å². The quantitative estimate of drug-likeness (QED) is 0.914. The Kier molecular flexibility index (Phi) is 5.40. The number of nitrogens with zero attached hydrogens (tertiary/aromatic N) is 4. The SMILES string of the molecule is CC(=O)N1CCN(c2nccc(Nc3c(C)cccc3C(C)C)n2)CC1. The van der Waals surface area contributed by atoms with Crippen LogP contribution in [0.5, 0.6) is 0 Å². The number of amides is 1. The van der Waals surface area contributed by atoms with Crippen molar-refractivity contribution >= 4 is 23.4 Å². The van der Waals surface area contributed by atoms with Gasteiger partial charge in [0.1, 0.15) is 5.82 Å². The van der Waals surface area contributed by atoms with Gasteiger partial charge in [0.25, 0.3) is 0 Å². The predicted octanol–water partition coefficient (Wildman–Crippen LogP) is 3.32. The van der Waals surface area contributed by atoms with Crippen LogP contribution in [0.3, 0.4) is 0 Å². The second kappa shape index (κ2) is 7.72. The fourth-order valence-electron chi connectivity index (χ4n) is 3.26. The fourth-order valence-corrected chi connectivity index (χ4v) is 3.26. The number of piperazine rings is 1. The second-order valence-electron chi connectivity index (χ2n) is 7.05. The van der Waals surface area contributed by atoms with Crippen LogP contribution in [0.15, 0.2) is 30.5 Å². The molecule has 0 bridgehead atoms. The van der Waals surface area contributed by atoms with Crippen molar-refractivity contribution in [3.8, 4) is 0 Å². The van der Waals surface area contributed by atoms with Gasteiger partial charge in [-0.3, -0.25) is 4.79 Å². The number of aryl methyl sites for hydroxylation is 1. The molecule has 1 N–H and O–H groups in total. The van der Waals surface area contributed by atoms with E-state index in [1.807, 2.05) is 11.0 Å². The molecular weight excluding hydrogens is 326 g/mol. The molecule has 0 spiro atoms. The predicted molar refractivity (Wildman–Crippen MR) is 105 cm³/mol. The summed E-state index contributed by atoms with van der Waals surface area (Å²) in [6.07, 6.45) is 1.79. The molecule has 0 radical (unpaired) electrons. The van der Waals surface area contributed by atoms with Gasteiger partial charge < -0.3 is 15.1 Å². The molecule has 1 amide bonds. The molecule has 0 unspecified atom stereocenters. The molecule has 3 rings (SSSR count). The highest BCUT2D eigenvalue weighted by Crippen LogP contribution is 2.30. The van der Waals surface area contributed by atoms with Crippen LogP contribution in [0.4, 0.5) is 17.5 Å². The lowest BCUT2D eigenvalue weighted by Crippen LogP contribution is -2.48. The molecule has 1 fully saturated rings. The maximum Gasteiger partial charge on any atom is 0.227 e. The van der Waals surface area contributed by atoms with Gasteiger partial charge in [-0.05, 0) is 30.0 Å². The highest BCUT2D eigenvalue weighted by atomic mass is 16.2. The monoisotopic (exact) mass is 353 g/mol. The van der Waals surface area contributed by atoms with Crippen LogP contribution in [0.25, 0.3) is 0 Å². The highest BCUT2D eigenvalue weighted by molar-refractivity contribution is 5.73. The van der Waals surface area contributed by atoms with Gasteiger partial charge in [-0.2, -0.15) is 4.98 Å². The van der Waals surface area contributed by atoms with Crippen molar-refractivity contribution in [1.29, 1.82) is 0 Å². The third-order valence-electron chi connectivity index (χ3n) is 4.83. The van der Waals surface area contributed by atoms with E-state index in [1.54, 1.807) is 13.1 Å². The Balaban J connectivity index is 1.78. The lowest BCUT2D eigenvalue weighted by molar-refractivity contribution is -0.129. The topological polar surface area (TPSA) is 61.4 Å². The van der Waals surface area contributed by atoms with Crippen molar-refractivity contribution in [2.75, 3.05) is 36.4 Å². The number of rotatable bonds is 4. The lowest BCUT2D eigenvalue weighted by Gasteiger charge is -2.34. The molecule has 1 aliphatic heterocycles. The maximum atomic E-state index is 11.5. The Bertz CT molecular complexity index is 782. The average Bonchev–Trinajstić information content (AvgIpc) is 2.63. The summed E-state index contributed by atoms with van der Waals surface area (Å²) < 4.78 is 0. The Morgan fingerprint density at radius 3 is 2.54 bits per heavy atom. The zero-order valence-corrected chi connectivity index (χ0v) is 16.0. The van der Waals surface area contributed by atoms with Crippen molar-refractivity contribution in [2.45, 2.75) is 33.6 Å². The summed E-state index contributed by atoms with van der Waals surface area (Å²) in [5, 5.41) is 3.49. The number of carbonyl (C=O) groups excluding carboxylic acids is 1. The minimum Gasteiger partial charge on any atom is -0.340 e. The van der Waals surface area contributed by atoms with Crippen LogP contribution in [0.1, 0.15) is 37.8 Å². The van der Waals surface area contributed by atoms with Crippen molar-refractivity contribution in [2.24, 2.45) is 0 Å². The summed E-state index contributed by atoms with van der Waals surface area (Å²) >= 11 is 0. The standard InChI is InChI=1S/C20H27N5O/c1-14(2)17-7-5-6-15(3)19(17)22-18-8-9-21-20(23-18)25-12-10-24(11-13-25)16(4)26/h5-9,14H,10-13H2,1-4H3,(H,21,22,23). The van der Waals surface area contributed by atoms with E-state index in [1.165, 1.54) is 11.1 Å². The van der Waals surface area contributed by atoms with E-state index in [4.69, 9.17) is 4.98 Å². The van der Waals surface area contributed by atoms with Crippen LogP contribution in [-0.4, -0.2) is 47.0 Å². The van der Waals surface area contributed by atoms with Crippen LogP contribution in [0, 0.1) is 6.92 Å². The van der Waals surface area contributed by atoms with Crippen LogP contribution in [0.2, 0.25) is 0 Å². The number of aromatic nitrogens is 2. The second-order valence-corrected chi connectivity index (χ2v) is 7.05. The first-order chi connectivity index (χ1) is 12.5. The zero-order chi connectivity index (χ0) is 18.7. The van der Waals surface area contributed by atoms with Gasteiger partial charge >= 0.3 is 0 Å². The summed E-state index contributed by atoms with van der Waals surface area (Å²) in [7, 11) is 0. The zero-order valence-electron chi connectivity index (χ0n) is 16.0. The van der Waals surface area contributed by atoms with Gasteiger partial charge in [0.05, 0.1) is 0 Å². The van der Waals surface area contributed by atoms with Gasteiger partial charge in [-0.25, -0.2) is 4.98 Å². The molecule has 1 saturated heterocycles. The summed E-state index contributed by atoms with van der Waals surface area (Å²) in [6.45, 7) is 11.1. The molecule has 2 aromatic rings. The Morgan fingerprint density at radius 1 is 1.15 bits per heavy atom. The molecular formula is C20H27N5O. The Hall–Kier alpha value is -2.63. The van der Waals surface area contributed by atoms with Crippen molar-refractivity contribution in [3.63, 3.8) is 0 Å². The van der Waals surface area contributed by atoms with E-state index < -0.39 is 0 Å². The fraction of sp³-hybridized carbons (Fsp3) is 0.450. The maximum absolute atomic E-state index is 11.5. The summed E-state index contributed by atoms with van der Waals surface area (Å²) in [5.74, 6) is 2.05. The summed E-state index contributed by atoms with van der Waals surface area (Å²) in [4.78, 5) is 24.6. The molecule has 0 aliphatic carbocycles. The summed E-state index contributed by atoms with van der Waals surface area (Å²) in [6, 6.07) is 8.25. The molecule has 1 aliphatic rings. The van der Waals surface area contributed by atoms with E-state index in [-0.39, 0.29) is 5.91 Å². The van der Waals surface area contributed by atoms with Gasteiger partial charge in [-0.15, -0.1) is 0 Å². The first-order valence-electron chi connectivity index (χ1n) is 9.15. The molecule has 0 saturated carbocycles. The Labute approximate surface area is 155 Å². The van der Waals surface area contributed by atoms with Crippen LogP contribution in [-0.2, 0) is 4.79 Å². The molecule has 1 aromatic heterocycles. The number of carbonyl (C=O) groups is 1. The molecule has 138 valence electrons. The number of benzene rings is 1. The summed E-state index contributed by atoms with van der Waals surface area (Å²) in [5.41, 5.74) is 3.60.